The smallest absolute Gasteiger partial charge is 0.271 e. The Labute approximate surface area is 123 Å². The molecule has 0 radical (unpaired) electrons. The minimum atomic E-state index is -3.61. The first-order valence-corrected chi connectivity index (χ1v) is 8.82. The molecule has 3 rings (SSSR count). The van der Waals surface area contributed by atoms with Crippen LogP contribution in [0.3, 0.4) is 0 Å². The molecule has 2 N–H and O–H groups in total. The van der Waals surface area contributed by atoms with E-state index in [0.29, 0.717) is 10.6 Å². The molecule has 2 heterocycles. The molecule has 3 aromatic rings. The van der Waals surface area contributed by atoms with E-state index in [9.17, 15) is 8.42 Å². The normalized spacial score (nSPS) is 11.8. The number of anilines is 1. The molecule has 1 aromatic carbocycles. The minimum Gasteiger partial charge on any atom is -0.391 e. The number of aliphatic hydroxyl groups is 1. The number of hydrogen-bond donors (Lipinski definition) is 2. The van der Waals surface area contributed by atoms with Crippen LogP contribution in [0.5, 0.6) is 0 Å². The van der Waals surface area contributed by atoms with Gasteiger partial charge in [0.1, 0.15) is 4.21 Å². The van der Waals surface area contributed by atoms with E-state index in [0.717, 1.165) is 21.6 Å². The van der Waals surface area contributed by atoms with Crippen LogP contribution in [-0.4, -0.2) is 18.5 Å². The Morgan fingerprint density at radius 2 is 2.10 bits per heavy atom. The van der Waals surface area contributed by atoms with Crippen LogP contribution in [0.25, 0.3) is 10.2 Å². The van der Waals surface area contributed by atoms with Crippen molar-refractivity contribution >= 4 is 48.6 Å². The average molecular weight is 326 g/mol. The zero-order valence-electron chi connectivity index (χ0n) is 10.1. The third-order valence-electron chi connectivity index (χ3n) is 2.64. The highest BCUT2D eigenvalue weighted by Gasteiger charge is 2.17. The van der Waals surface area contributed by atoms with E-state index in [2.05, 4.69) is 9.71 Å². The lowest BCUT2D eigenvalue weighted by atomic mass is 10.3. The van der Waals surface area contributed by atoms with E-state index < -0.39 is 10.0 Å². The van der Waals surface area contributed by atoms with Crippen LogP contribution in [0.2, 0.25) is 0 Å². The average Bonchev–Trinajstić information content (AvgIpc) is 3.06. The van der Waals surface area contributed by atoms with Gasteiger partial charge in [-0.3, -0.25) is 4.72 Å². The van der Waals surface area contributed by atoms with Crippen molar-refractivity contribution in [3.05, 3.63) is 40.7 Å². The van der Waals surface area contributed by atoms with Gasteiger partial charge in [0, 0.05) is 4.88 Å². The van der Waals surface area contributed by atoms with Crippen LogP contribution >= 0.6 is 22.7 Å². The number of thiazole rings is 1. The Morgan fingerprint density at radius 1 is 1.25 bits per heavy atom. The van der Waals surface area contributed by atoms with Crippen LogP contribution < -0.4 is 4.72 Å². The first-order chi connectivity index (χ1) is 9.58. The lowest BCUT2D eigenvalue weighted by molar-refractivity contribution is 0.285. The van der Waals surface area contributed by atoms with Gasteiger partial charge >= 0.3 is 0 Å². The summed E-state index contributed by atoms with van der Waals surface area (Å²) < 4.78 is 28.1. The molecule has 0 saturated carbocycles. The van der Waals surface area contributed by atoms with Crippen molar-refractivity contribution in [3.8, 4) is 0 Å². The van der Waals surface area contributed by atoms with Crippen LogP contribution in [-0.2, 0) is 16.6 Å². The zero-order valence-corrected chi connectivity index (χ0v) is 12.6. The topological polar surface area (TPSA) is 79.3 Å². The fourth-order valence-corrected chi connectivity index (χ4v) is 4.69. The van der Waals surface area contributed by atoms with Crippen molar-refractivity contribution < 1.29 is 13.5 Å². The summed E-state index contributed by atoms with van der Waals surface area (Å²) in [5, 5.41) is 8.99. The second kappa shape index (κ2) is 5.13. The number of rotatable bonds is 4. The second-order valence-corrected chi connectivity index (χ2v) is 7.98. The van der Waals surface area contributed by atoms with E-state index in [-0.39, 0.29) is 10.8 Å². The van der Waals surface area contributed by atoms with Crippen molar-refractivity contribution in [3.63, 3.8) is 0 Å². The fourth-order valence-electron chi connectivity index (χ4n) is 1.71. The minimum absolute atomic E-state index is 0.160. The molecule has 0 atom stereocenters. The van der Waals surface area contributed by atoms with Crippen LogP contribution in [0.4, 0.5) is 5.69 Å². The summed E-state index contributed by atoms with van der Waals surface area (Å²) in [5.41, 5.74) is 3.06. The van der Waals surface area contributed by atoms with Gasteiger partial charge in [0.2, 0.25) is 0 Å². The van der Waals surface area contributed by atoms with Gasteiger partial charge in [-0.2, -0.15) is 0 Å². The summed E-state index contributed by atoms with van der Waals surface area (Å²) >= 11 is 2.51. The molecule has 5 nitrogen and oxygen atoms in total. The summed E-state index contributed by atoms with van der Waals surface area (Å²) in [6.07, 6.45) is 0. The first-order valence-electron chi connectivity index (χ1n) is 5.64. The molecule has 0 saturated heterocycles. The maximum absolute atomic E-state index is 12.2. The van der Waals surface area contributed by atoms with Crippen LogP contribution in [0, 0.1) is 0 Å². The number of hydrogen-bond acceptors (Lipinski definition) is 6. The van der Waals surface area contributed by atoms with Gasteiger partial charge in [-0.15, -0.1) is 22.7 Å². The molecular weight excluding hydrogens is 316 g/mol. The maximum Gasteiger partial charge on any atom is 0.271 e. The Bertz CT molecular complexity index is 852. The predicted molar refractivity (Wildman–Crippen MR) is 80.7 cm³/mol. The molecule has 0 bridgehead atoms. The number of aromatic nitrogens is 1. The number of nitrogens with one attached hydrogen (secondary N) is 1. The van der Waals surface area contributed by atoms with Gasteiger partial charge in [-0.25, -0.2) is 13.4 Å². The number of aliphatic hydroxyl groups excluding tert-OH is 1. The lowest BCUT2D eigenvalue weighted by Crippen LogP contribution is -2.11. The summed E-state index contributed by atoms with van der Waals surface area (Å²) in [6, 6.07) is 8.30. The highest BCUT2D eigenvalue weighted by Crippen LogP contribution is 2.26. The van der Waals surface area contributed by atoms with E-state index in [4.69, 9.17) is 5.11 Å². The SMILES string of the molecule is O=S(=O)(Nc1ccc2ncsc2c1)c1ccc(CO)s1. The highest BCUT2D eigenvalue weighted by atomic mass is 32.2. The van der Waals surface area contributed by atoms with Crippen molar-refractivity contribution in [1.82, 2.24) is 4.98 Å². The number of benzene rings is 1. The number of fused-ring (bicyclic) bond motifs is 1. The Morgan fingerprint density at radius 3 is 2.85 bits per heavy atom. The highest BCUT2D eigenvalue weighted by molar-refractivity contribution is 7.94. The second-order valence-electron chi connectivity index (χ2n) is 4.02. The standard InChI is InChI=1S/C12H10N2O3S3/c15-6-9-2-4-12(19-9)20(16,17)14-8-1-3-10-11(5-8)18-7-13-10/h1-5,7,14-15H,6H2. The van der Waals surface area contributed by atoms with Crippen molar-refractivity contribution in [2.24, 2.45) is 0 Å². The molecule has 0 spiro atoms. The first kappa shape index (κ1) is 13.5. The molecule has 0 aliphatic rings. The number of sulfonamides is 1. The molecule has 0 fully saturated rings. The molecule has 0 unspecified atom stereocenters. The van der Waals surface area contributed by atoms with Crippen molar-refractivity contribution in [1.29, 1.82) is 0 Å². The van der Waals surface area contributed by atoms with E-state index in [1.807, 2.05) is 0 Å². The number of thiophene rings is 1. The molecule has 8 heteroatoms. The van der Waals surface area contributed by atoms with Gasteiger partial charge in [0.25, 0.3) is 10.0 Å². The third-order valence-corrected chi connectivity index (χ3v) is 6.38. The monoisotopic (exact) mass is 326 g/mol. The predicted octanol–water partition coefficient (Wildman–Crippen LogP) is 2.65. The van der Waals surface area contributed by atoms with Gasteiger partial charge in [-0.05, 0) is 30.3 Å². The molecule has 20 heavy (non-hydrogen) atoms. The molecule has 104 valence electrons. The fraction of sp³-hybridized carbons (Fsp3) is 0.0833. The Balaban J connectivity index is 1.92. The largest absolute Gasteiger partial charge is 0.391 e. The van der Waals surface area contributed by atoms with E-state index in [1.165, 1.54) is 17.4 Å². The van der Waals surface area contributed by atoms with Gasteiger partial charge in [0.15, 0.2) is 0 Å². The Kier molecular flexibility index (Phi) is 3.47. The maximum atomic E-state index is 12.2. The summed E-state index contributed by atoms with van der Waals surface area (Å²) in [6.45, 7) is -0.160. The van der Waals surface area contributed by atoms with Crippen molar-refractivity contribution in [2.75, 3.05) is 4.72 Å². The van der Waals surface area contributed by atoms with E-state index in [1.54, 1.807) is 29.8 Å². The van der Waals surface area contributed by atoms with Gasteiger partial charge in [0.05, 0.1) is 28.0 Å². The van der Waals surface area contributed by atoms with Crippen LogP contribution in [0.1, 0.15) is 4.88 Å². The van der Waals surface area contributed by atoms with Gasteiger partial charge < -0.3 is 5.11 Å². The summed E-state index contributed by atoms with van der Waals surface area (Å²) in [5.74, 6) is 0. The zero-order chi connectivity index (χ0) is 14.2. The molecule has 0 aliphatic carbocycles. The molecular formula is C12H10N2O3S3. The molecule has 0 aliphatic heterocycles. The summed E-state index contributed by atoms with van der Waals surface area (Å²) in [7, 11) is -3.61. The van der Waals surface area contributed by atoms with E-state index >= 15 is 0 Å². The number of nitrogens with zero attached hydrogens (tertiary/aromatic N) is 1. The molecule has 0 amide bonds. The Hall–Kier alpha value is -1.48. The lowest BCUT2D eigenvalue weighted by Gasteiger charge is -2.05. The molecule has 2 aromatic heterocycles. The summed E-state index contributed by atoms with van der Waals surface area (Å²) in [4.78, 5) is 4.76. The van der Waals surface area contributed by atoms with Gasteiger partial charge in [-0.1, -0.05) is 0 Å². The third kappa shape index (κ3) is 2.55. The van der Waals surface area contributed by atoms with Crippen LogP contribution in [0.15, 0.2) is 40.1 Å². The quantitative estimate of drug-likeness (QED) is 0.772. The van der Waals surface area contributed by atoms with Crippen molar-refractivity contribution in [2.45, 2.75) is 10.8 Å².